The summed E-state index contributed by atoms with van der Waals surface area (Å²) >= 11 is 0. The van der Waals surface area contributed by atoms with Gasteiger partial charge in [0.25, 0.3) is 0 Å². The second kappa shape index (κ2) is 17.5. The summed E-state index contributed by atoms with van der Waals surface area (Å²) in [4.78, 5) is 13.3. The zero-order chi connectivity index (χ0) is 56.1. The van der Waals surface area contributed by atoms with E-state index in [9.17, 15) is 23.6 Å². The van der Waals surface area contributed by atoms with Crippen LogP contribution in [0.3, 0.4) is 0 Å². The monoisotopic (exact) mass is 815 g/mol. The third kappa shape index (κ3) is 9.53. The number of hydrogen-bond acceptors (Lipinski definition) is 4. The normalized spacial score (nSPS) is 17.2. The van der Waals surface area contributed by atoms with E-state index >= 15 is 0 Å². The maximum atomic E-state index is 14.9. The molecule has 0 saturated heterocycles. The topological polar surface area (TPSA) is 51.8 Å². The first kappa shape index (κ1) is 25.1. The van der Waals surface area contributed by atoms with E-state index in [1.54, 1.807) is 87.5 Å². The number of nitrogens with zero attached hydrogens (tertiary/aromatic N) is 3. The van der Waals surface area contributed by atoms with Gasteiger partial charge in [0.15, 0.2) is 0 Å². The average Bonchev–Trinajstić information content (AvgIpc) is 3.84. The van der Waals surface area contributed by atoms with E-state index in [-0.39, 0.29) is 49.9 Å². The highest BCUT2D eigenvalue weighted by Gasteiger charge is 2.19. The van der Waals surface area contributed by atoms with Crippen molar-refractivity contribution in [2.45, 2.75) is 65.4 Å². The molecular formula is C56H50FN3O. The molecule has 9 rings (SSSR count). The number of aryl methyl sites for hydroxylation is 6. The fourth-order valence-electron chi connectivity index (χ4n) is 6.82. The molecule has 0 radical (unpaired) electrons. The van der Waals surface area contributed by atoms with Crippen molar-refractivity contribution < 1.29 is 30.7 Å². The summed E-state index contributed by atoms with van der Waals surface area (Å²) < 4.78 is 171. The molecule has 4 nitrogen and oxygen atoms in total. The predicted molar refractivity (Wildman–Crippen MR) is 248 cm³/mol. The van der Waals surface area contributed by atoms with Crippen LogP contribution in [0.5, 0.6) is 0 Å². The Labute approximate surface area is 380 Å². The van der Waals surface area contributed by atoms with Gasteiger partial charge in [0.2, 0.25) is 0 Å². The minimum Gasteiger partial charge on any atom is -0.455 e. The Kier molecular flexibility index (Phi) is 7.20. The summed E-state index contributed by atoms with van der Waals surface area (Å²) in [6.45, 7) is 4.67. The molecule has 0 aliphatic heterocycles. The summed E-state index contributed by atoms with van der Waals surface area (Å²) in [6, 6.07) is 32.2. The van der Waals surface area contributed by atoms with Crippen molar-refractivity contribution >= 4 is 21.9 Å². The third-order valence-corrected chi connectivity index (χ3v) is 9.64. The van der Waals surface area contributed by atoms with E-state index in [2.05, 4.69) is 15.0 Å². The van der Waals surface area contributed by atoms with Crippen molar-refractivity contribution in [1.29, 1.82) is 0 Å². The maximum absolute atomic E-state index is 14.9. The number of halogens is 1. The molecule has 0 atom stereocenters. The minimum absolute atomic E-state index is 0.0173. The van der Waals surface area contributed by atoms with Crippen LogP contribution in [0.1, 0.15) is 81.6 Å². The Bertz CT molecular complexity index is 3570. The van der Waals surface area contributed by atoms with E-state index in [0.29, 0.717) is 22.5 Å². The lowest BCUT2D eigenvalue weighted by Gasteiger charge is -2.21. The molecule has 0 spiro atoms. The Morgan fingerprint density at radius 1 is 0.541 bits per heavy atom. The molecule has 4 aromatic heterocycles. The van der Waals surface area contributed by atoms with Crippen LogP contribution in [-0.4, -0.2) is 15.0 Å². The molecule has 0 unspecified atom stereocenters. The van der Waals surface area contributed by atoms with Gasteiger partial charge in [0, 0.05) is 65.2 Å². The molecular weight excluding hydrogens is 750 g/mol. The number of fused-ring (bicyclic) bond motifs is 3. The summed E-state index contributed by atoms with van der Waals surface area (Å²) in [5, 5.41) is 0.359. The lowest BCUT2D eigenvalue weighted by atomic mass is 9.85. The Morgan fingerprint density at radius 2 is 1.10 bits per heavy atom. The first-order valence-electron chi connectivity index (χ1n) is 27.7. The van der Waals surface area contributed by atoms with Crippen molar-refractivity contribution in [3.8, 4) is 33.8 Å². The highest BCUT2D eigenvalue weighted by atomic mass is 19.1. The molecule has 4 heterocycles. The van der Waals surface area contributed by atoms with Gasteiger partial charge in [-0.25, -0.2) is 4.39 Å². The molecule has 0 amide bonds. The molecule has 61 heavy (non-hydrogen) atoms. The average molecular weight is 816 g/mol. The zero-order valence-electron chi connectivity index (χ0n) is 49.6. The van der Waals surface area contributed by atoms with Gasteiger partial charge in [-0.3, -0.25) is 15.0 Å². The first-order chi connectivity index (χ1) is 35.9. The molecule has 0 aliphatic carbocycles. The molecule has 302 valence electrons. The van der Waals surface area contributed by atoms with Gasteiger partial charge in [-0.1, -0.05) is 124 Å². The first-order valence-corrected chi connectivity index (χ1v) is 19.7. The minimum atomic E-state index is -3.39. The molecule has 0 aliphatic rings. The fraction of sp³-hybridized carbons (Fsp3) is 0.196. The van der Waals surface area contributed by atoms with E-state index in [1.165, 1.54) is 30.3 Å². The molecule has 0 bridgehead atoms. The second-order valence-electron chi connectivity index (χ2n) is 15.4. The van der Waals surface area contributed by atoms with Crippen molar-refractivity contribution in [3.63, 3.8) is 0 Å². The van der Waals surface area contributed by atoms with Gasteiger partial charge in [0.1, 0.15) is 17.0 Å². The van der Waals surface area contributed by atoms with Gasteiger partial charge in [0.05, 0.1) is 19.8 Å². The largest absolute Gasteiger partial charge is 0.455 e. The van der Waals surface area contributed by atoms with Crippen molar-refractivity contribution in [2.24, 2.45) is 5.41 Å². The molecule has 9 aromatic rings. The van der Waals surface area contributed by atoms with Crippen LogP contribution in [0, 0.1) is 11.2 Å². The number of furan rings is 1. The van der Waals surface area contributed by atoms with Crippen LogP contribution >= 0.6 is 0 Å². The SMILES string of the molecule is [2H]c1cc2oc3c(-c4cc(C([2H])([2H])C(C)(C)C)c(C([2H])([2H])C([2H])([2H])c5cc(C([2H])([2H])C([2H])([2H])c6ccc(-c7ccccc7)nc6)cc(C([2H])([2H])C([2H])([2H])c6ccc(-c7ccccc7)nc6)c5)cn4)cccc3c2c([2H])c1F. The van der Waals surface area contributed by atoms with Gasteiger partial charge < -0.3 is 4.42 Å². The fourth-order valence-corrected chi connectivity index (χ4v) is 6.82. The van der Waals surface area contributed by atoms with Gasteiger partial charge in [-0.05, 0) is 131 Å². The Morgan fingerprint density at radius 3 is 1.66 bits per heavy atom. The number of benzene rings is 5. The highest BCUT2D eigenvalue weighted by Crippen LogP contribution is 2.37. The number of aromatic nitrogens is 3. The Hall–Kier alpha value is -6.72. The van der Waals surface area contributed by atoms with Crippen molar-refractivity contribution in [3.05, 3.63) is 209 Å². The van der Waals surface area contributed by atoms with E-state index < -0.39 is 90.2 Å². The summed E-state index contributed by atoms with van der Waals surface area (Å²) in [5.41, 5.74) is -2.19. The second-order valence-corrected chi connectivity index (χ2v) is 15.4. The molecule has 0 N–H and O–H groups in total. The van der Waals surface area contributed by atoms with Crippen LogP contribution in [-0.2, 0) is 44.6 Å². The standard InChI is InChI=1S/C56H50FN3O/c1-56(2,3)34-46-32-53(49-16-10-15-48-50-33-47(57)25-28-54(50)61-55(48)49)60-37-45(46)24-21-42-30-40(19-17-38-22-26-51(58-35-38)43-11-6-4-7-12-43)29-41(31-42)20-18-39-23-27-52(59-36-39)44-13-8-5-9-14-44/h4-16,22-23,25-33,35-37H,17-21,24,34H2,1-3H3/i17D2,18D2,19D2,20D2,21D2,24D2,25D,33D,34D2. The smallest absolute Gasteiger partial charge is 0.144 e. The summed E-state index contributed by atoms with van der Waals surface area (Å²) in [7, 11) is 0. The lowest BCUT2D eigenvalue weighted by molar-refractivity contribution is 0.409. The number of rotatable bonds is 13. The van der Waals surface area contributed by atoms with Gasteiger partial charge in [-0.2, -0.15) is 0 Å². The molecule has 5 aromatic carbocycles. The third-order valence-electron chi connectivity index (χ3n) is 9.64. The Balaban J connectivity index is 1.21. The van der Waals surface area contributed by atoms with Crippen LogP contribution in [0.4, 0.5) is 4.39 Å². The van der Waals surface area contributed by atoms with Crippen LogP contribution in [0.25, 0.3) is 55.7 Å². The van der Waals surface area contributed by atoms with Gasteiger partial charge >= 0.3 is 0 Å². The molecule has 0 fully saturated rings. The summed E-state index contributed by atoms with van der Waals surface area (Å²) in [5.74, 6) is -1.06. The van der Waals surface area contributed by atoms with Crippen LogP contribution < -0.4 is 0 Å². The van der Waals surface area contributed by atoms with Crippen LogP contribution in [0.15, 0.2) is 169 Å². The number of para-hydroxylation sites is 1. The predicted octanol–water partition coefficient (Wildman–Crippen LogP) is 13.9. The molecule has 5 heteroatoms. The van der Waals surface area contributed by atoms with Crippen molar-refractivity contribution in [2.75, 3.05) is 0 Å². The van der Waals surface area contributed by atoms with Crippen molar-refractivity contribution in [1.82, 2.24) is 15.0 Å². The zero-order valence-corrected chi connectivity index (χ0v) is 33.6. The summed E-state index contributed by atoms with van der Waals surface area (Å²) in [6.07, 6.45) is -18.3. The number of hydrogen-bond donors (Lipinski definition) is 0. The molecule has 0 saturated carbocycles. The van der Waals surface area contributed by atoms with E-state index in [1.807, 2.05) is 12.1 Å². The van der Waals surface area contributed by atoms with Gasteiger partial charge in [-0.15, -0.1) is 0 Å². The number of pyridine rings is 3. The lowest BCUT2D eigenvalue weighted by Crippen LogP contribution is -2.12. The highest BCUT2D eigenvalue weighted by molar-refractivity contribution is 6.09. The van der Waals surface area contributed by atoms with E-state index in [4.69, 9.17) is 7.16 Å². The van der Waals surface area contributed by atoms with Crippen LogP contribution in [0.2, 0.25) is 0 Å². The quantitative estimate of drug-likeness (QED) is 0.116. The maximum Gasteiger partial charge on any atom is 0.144 e. The van der Waals surface area contributed by atoms with E-state index in [0.717, 1.165) is 42.9 Å².